The van der Waals surface area contributed by atoms with E-state index in [4.69, 9.17) is 4.74 Å². The molecule has 0 aromatic rings. The van der Waals surface area contributed by atoms with Gasteiger partial charge < -0.3 is 15.4 Å². The standard InChI is InChI=1S/C17H32N4O2/c1-13(2)14(12-20-16(22)23-17(3,4)5)15(11-18)21-9-6-7-19-8-10-21/h13-15,19H,6-10,12H2,1-5H3,(H,20,22). The molecule has 2 N–H and O–H groups in total. The summed E-state index contributed by atoms with van der Waals surface area (Å²) in [5, 5.41) is 15.9. The van der Waals surface area contributed by atoms with E-state index in [1.54, 1.807) is 0 Å². The Morgan fingerprint density at radius 1 is 1.35 bits per heavy atom. The van der Waals surface area contributed by atoms with E-state index < -0.39 is 11.7 Å². The molecule has 23 heavy (non-hydrogen) atoms. The molecule has 1 aliphatic rings. The Labute approximate surface area is 140 Å². The molecule has 2 unspecified atom stereocenters. The average Bonchev–Trinajstić information content (AvgIpc) is 2.70. The van der Waals surface area contributed by atoms with Gasteiger partial charge >= 0.3 is 6.09 Å². The largest absolute Gasteiger partial charge is 0.444 e. The predicted octanol–water partition coefficient (Wildman–Crippen LogP) is 1.97. The Balaban J connectivity index is 2.67. The van der Waals surface area contributed by atoms with Gasteiger partial charge in [0.25, 0.3) is 0 Å². The average molecular weight is 324 g/mol. The summed E-state index contributed by atoms with van der Waals surface area (Å²) in [4.78, 5) is 14.1. The van der Waals surface area contributed by atoms with Gasteiger partial charge in [0.05, 0.1) is 6.07 Å². The van der Waals surface area contributed by atoms with Gasteiger partial charge in [-0.2, -0.15) is 5.26 Å². The van der Waals surface area contributed by atoms with Crippen molar-refractivity contribution in [3.05, 3.63) is 0 Å². The van der Waals surface area contributed by atoms with Crippen molar-refractivity contribution in [2.75, 3.05) is 32.7 Å². The van der Waals surface area contributed by atoms with Crippen LogP contribution < -0.4 is 10.6 Å². The third kappa shape index (κ3) is 7.19. The number of alkyl carbamates (subject to hydrolysis) is 1. The summed E-state index contributed by atoms with van der Waals surface area (Å²) in [5.41, 5.74) is -0.511. The lowest BCUT2D eigenvalue weighted by Gasteiger charge is -2.34. The minimum absolute atomic E-state index is 0.0746. The van der Waals surface area contributed by atoms with Gasteiger partial charge in [0.1, 0.15) is 11.6 Å². The van der Waals surface area contributed by atoms with E-state index in [-0.39, 0.29) is 12.0 Å². The Morgan fingerprint density at radius 3 is 2.61 bits per heavy atom. The first-order chi connectivity index (χ1) is 10.7. The molecule has 0 aromatic heterocycles. The van der Waals surface area contributed by atoms with E-state index in [0.29, 0.717) is 12.5 Å². The van der Waals surface area contributed by atoms with Gasteiger partial charge in [0.15, 0.2) is 0 Å². The Bertz CT molecular complexity index is 404. The Kier molecular flexibility index (Phi) is 7.80. The molecule has 6 heteroatoms. The molecule has 6 nitrogen and oxygen atoms in total. The molecule has 0 aliphatic carbocycles. The lowest BCUT2D eigenvalue weighted by Crippen LogP contribution is -2.48. The van der Waals surface area contributed by atoms with Crippen LogP contribution in [0.1, 0.15) is 41.0 Å². The van der Waals surface area contributed by atoms with Crippen molar-refractivity contribution in [3.63, 3.8) is 0 Å². The Morgan fingerprint density at radius 2 is 2.04 bits per heavy atom. The van der Waals surface area contributed by atoms with Crippen LogP contribution in [0.5, 0.6) is 0 Å². The van der Waals surface area contributed by atoms with Crippen molar-refractivity contribution in [2.24, 2.45) is 11.8 Å². The zero-order chi connectivity index (χ0) is 17.5. The van der Waals surface area contributed by atoms with E-state index in [9.17, 15) is 10.1 Å². The number of ether oxygens (including phenoxy) is 1. The highest BCUT2D eigenvalue weighted by Gasteiger charge is 2.31. The number of nitriles is 1. The normalized spacial score (nSPS) is 19.5. The number of rotatable bonds is 5. The van der Waals surface area contributed by atoms with Gasteiger partial charge in [0.2, 0.25) is 0 Å². The van der Waals surface area contributed by atoms with Gasteiger partial charge in [-0.25, -0.2) is 4.79 Å². The highest BCUT2D eigenvalue weighted by Crippen LogP contribution is 2.20. The molecule has 0 bridgehead atoms. The smallest absolute Gasteiger partial charge is 0.407 e. The van der Waals surface area contributed by atoms with Gasteiger partial charge in [-0.3, -0.25) is 4.90 Å². The second-order valence-corrected chi connectivity index (χ2v) is 7.50. The Hall–Kier alpha value is -1.32. The fourth-order valence-corrected chi connectivity index (χ4v) is 2.82. The first-order valence-corrected chi connectivity index (χ1v) is 8.56. The molecule has 1 amide bonds. The van der Waals surface area contributed by atoms with Crippen LogP contribution in [0.25, 0.3) is 0 Å². The van der Waals surface area contributed by atoms with Crippen LogP contribution in [0.15, 0.2) is 0 Å². The number of nitrogens with zero attached hydrogens (tertiary/aromatic N) is 2. The maximum atomic E-state index is 11.9. The number of hydrogen-bond acceptors (Lipinski definition) is 5. The summed E-state index contributed by atoms with van der Waals surface area (Å²) in [6.45, 7) is 13.9. The van der Waals surface area contributed by atoms with E-state index in [2.05, 4.69) is 35.5 Å². The van der Waals surface area contributed by atoms with Crippen LogP contribution in [0.4, 0.5) is 4.79 Å². The van der Waals surface area contributed by atoms with Crippen molar-refractivity contribution in [1.29, 1.82) is 5.26 Å². The zero-order valence-electron chi connectivity index (χ0n) is 15.2. The molecule has 132 valence electrons. The molecule has 1 rings (SSSR count). The van der Waals surface area contributed by atoms with Crippen LogP contribution in [-0.4, -0.2) is 55.4 Å². The number of hydrogen-bond donors (Lipinski definition) is 2. The van der Waals surface area contributed by atoms with Crippen LogP contribution in [0, 0.1) is 23.2 Å². The molecule has 0 saturated carbocycles. The SMILES string of the molecule is CC(C)C(CNC(=O)OC(C)(C)C)C(C#N)N1CCCNCC1. The third-order valence-electron chi connectivity index (χ3n) is 4.04. The minimum Gasteiger partial charge on any atom is -0.444 e. The molecular formula is C17H32N4O2. The molecular weight excluding hydrogens is 292 g/mol. The van der Waals surface area contributed by atoms with Gasteiger partial charge in [-0.15, -0.1) is 0 Å². The van der Waals surface area contributed by atoms with Crippen LogP contribution in [0.3, 0.4) is 0 Å². The second kappa shape index (κ2) is 9.09. The minimum atomic E-state index is -0.511. The first kappa shape index (κ1) is 19.7. The molecule has 1 saturated heterocycles. The molecule has 0 aromatic carbocycles. The summed E-state index contributed by atoms with van der Waals surface area (Å²) in [6, 6.07) is 2.27. The van der Waals surface area contributed by atoms with Crippen LogP contribution >= 0.6 is 0 Å². The molecule has 1 aliphatic heterocycles. The highest BCUT2D eigenvalue weighted by molar-refractivity contribution is 5.67. The number of nitrogens with one attached hydrogen (secondary N) is 2. The molecule has 0 spiro atoms. The highest BCUT2D eigenvalue weighted by atomic mass is 16.6. The molecule has 1 heterocycles. The maximum Gasteiger partial charge on any atom is 0.407 e. The predicted molar refractivity (Wildman–Crippen MR) is 91.0 cm³/mol. The molecule has 1 fully saturated rings. The fraction of sp³-hybridized carbons (Fsp3) is 0.882. The lowest BCUT2D eigenvalue weighted by atomic mass is 9.87. The number of carbonyl (C=O) groups excluding carboxylic acids is 1. The third-order valence-corrected chi connectivity index (χ3v) is 4.04. The summed E-state index contributed by atoms with van der Waals surface area (Å²) in [7, 11) is 0. The van der Waals surface area contributed by atoms with Crippen molar-refractivity contribution in [2.45, 2.75) is 52.7 Å². The van der Waals surface area contributed by atoms with Crippen LogP contribution in [-0.2, 0) is 4.74 Å². The summed E-state index contributed by atoms with van der Waals surface area (Å²) >= 11 is 0. The van der Waals surface area contributed by atoms with Gasteiger partial charge in [-0.05, 0) is 39.7 Å². The van der Waals surface area contributed by atoms with Crippen molar-refractivity contribution in [1.82, 2.24) is 15.5 Å². The van der Waals surface area contributed by atoms with Crippen molar-refractivity contribution >= 4 is 6.09 Å². The lowest BCUT2D eigenvalue weighted by molar-refractivity contribution is 0.0500. The summed E-state index contributed by atoms with van der Waals surface area (Å²) in [5.74, 6) is 0.372. The van der Waals surface area contributed by atoms with Crippen LogP contribution in [0.2, 0.25) is 0 Å². The maximum absolute atomic E-state index is 11.9. The van der Waals surface area contributed by atoms with Crippen molar-refractivity contribution in [3.8, 4) is 6.07 Å². The monoisotopic (exact) mass is 324 g/mol. The van der Waals surface area contributed by atoms with E-state index >= 15 is 0 Å². The van der Waals surface area contributed by atoms with Crippen molar-refractivity contribution < 1.29 is 9.53 Å². The van der Waals surface area contributed by atoms with E-state index in [0.717, 1.165) is 32.6 Å². The summed E-state index contributed by atoms with van der Waals surface area (Å²) < 4.78 is 5.29. The zero-order valence-corrected chi connectivity index (χ0v) is 15.2. The molecule has 2 atom stereocenters. The van der Waals surface area contributed by atoms with Gasteiger partial charge in [0, 0.05) is 32.1 Å². The topological polar surface area (TPSA) is 77.4 Å². The number of carbonyl (C=O) groups is 1. The fourth-order valence-electron chi connectivity index (χ4n) is 2.82. The first-order valence-electron chi connectivity index (χ1n) is 8.56. The number of amides is 1. The second-order valence-electron chi connectivity index (χ2n) is 7.50. The van der Waals surface area contributed by atoms with E-state index in [1.807, 2.05) is 20.8 Å². The van der Waals surface area contributed by atoms with E-state index in [1.165, 1.54) is 0 Å². The van der Waals surface area contributed by atoms with Gasteiger partial charge in [-0.1, -0.05) is 13.8 Å². The summed E-state index contributed by atoms with van der Waals surface area (Å²) in [6.07, 6.45) is 0.625. The quantitative estimate of drug-likeness (QED) is 0.808. The molecule has 0 radical (unpaired) electrons.